The second-order valence-electron chi connectivity index (χ2n) is 25.8. The number of carbonyl (C=O) groups is 6. The zero-order valence-electron chi connectivity index (χ0n) is 56.3. The van der Waals surface area contributed by atoms with E-state index < -0.39 is 46.0 Å². The van der Waals surface area contributed by atoms with Crippen LogP contribution in [0.25, 0.3) is 33.8 Å². The first kappa shape index (κ1) is 77.7. The molecule has 17 nitrogen and oxygen atoms in total. The number of aromatic nitrogens is 3. The molecule has 4 aliphatic rings. The van der Waals surface area contributed by atoms with Gasteiger partial charge in [0.25, 0.3) is 17.7 Å². The maximum atomic E-state index is 14.7. The maximum Gasteiger partial charge on any atom is 0.259 e. The molecule has 0 spiro atoms. The monoisotopic (exact) mass is 1410 g/mol. The number of nitrogens with two attached hydrogens (primary N) is 1. The summed E-state index contributed by atoms with van der Waals surface area (Å²) < 4.78 is 42.5. The molecule has 4 aliphatic heterocycles. The molecule has 3 aromatic heterocycles. The minimum Gasteiger partial charge on any atom is -0.366 e. The molecule has 5 atom stereocenters. The van der Waals surface area contributed by atoms with Gasteiger partial charge in [-0.05, 0) is 138 Å². The molecule has 6 amide bonds. The van der Waals surface area contributed by atoms with Crippen LogP contribution in [0.5, 0.6) is 0 Å². The number of pyridine rings is 3. The summed E-state index contributed by atoms with van der Waals surface area (Å²) in [6.45, 7) is 32.9. The van der Waals surface area contributed by atoms with Gasteiger partial charge in [0.1, 0.15) is 28.4 Å². The highest BCUT2D eigenvalue weighted by Gasteiger charge is 2.47. The van der Waals surface area contributed by atoms with Crippen molar-refractivity contribution in [1.29, 1.82) is 5.26 Å². The van der Waals surface area contributed by atoms with Gasteiger partial charge in [-0.25, -0.2) is 28.1 Å². The fraction of sp³-hybridized carbons (Fsp3) is 0.384. The Kier molecular flexibility index (Phi) is 27.4. The molecule has 10 rings (SSSR count). The third-order valence-electron chi connectivity index (χ3n) is 16.4. The summed E-state index contributed by atoms with van der Waals surface area (Å²) >= 11 is 24.7. The number of primary amides is 1. The van der Waals surface area contributed by atoms with E-state index in [1.165, 1.54) is 48.6 Å². The van der Waals surface area contributed by atoms with Gasteiger partial charge in [0.05, 0.1) is 71.6 Å². The third-order valence-corrected chi connectivity index (χ3v) is 17.5. The summed E-state index contributed by atoms with van der Waals surface area (Å²) in [6.07, 6.45) is 4.75. The Morgan fingerprint density at radius 3 is 1.55 bits per heavy atom. The predicted molar refractivity (Wildman–Crippen MR) is 377 cm³/mol. The van der Waals surface area contributed by atoms with Crippen LogP contribution >= 0.6 is 46.4 Å². The molecule has 2 saturated heterocycles. The van der Waals surface area contributed by atoms with Crippen molar-refractivity contribution >= 4 is 87.7 Å². The van der Waals surface area contributed by atoms with E-state index in [9.17, 15) is 41.9 Å². The first-order chi connectivity index (χ1) is 45.7. The van der Waals surface area contributed by atoms with Crippen LogP contribution in [0.3, 0.4) is 0 Å². The molecular weight excluding hydrogens is 1330 g/mol. The van der Waals surface area contributed by atoms with Crippen molar-refractivity contribution in [2.75, 3.05) is 39.3 Å². The average molecular weight is 1410 g/mol. The lowest BCUT2D eigenvalue weighted by Crippen LogP contribution is -2.57. The van der Waals surface area contributed by atoms with Crippen LogP contribution in [0.2, 0.25) is 20.2 Å². The highest BCUT2D eigenvalue weighted by atomic mass is 35.5. The van der Waals surface area contributed by atoms with Gasteiger partial charge in [0.15, 0.2) is 0 Å². The quantitative estimate of drug-likeness (QED) is 0.0589. The standard InChI is InChI=1S/C27H30ClFN4O2.C19H18ClFN2O2.C12H7Cl2FN2O.C8H14N2O.C7H13N/c1-6-22(34)32-11-12-33(17(4)15-32)25-19-13-20(28)23(18-9-7-8-10-21(18)29)30-24(19)27(5,14-16(2)3)26(35)31-25;1-10(2)9-19(3)16-12(17(24)23-18(19)25)8-13(20)15(22-16)11-6-4-5-7-14(11)21;13-8-5-7(12(16)18)11(14)17-10(8)6-3-1-2-4-9(6)15;1-3-8(11)10-5-4-9-7(2)6-10;1-6(2)4-7(3)5-8/h6-10,13,16-17H,1,11-12,14-15H2,2-5H3;4-8,10H,9H2,1-3H3,(H,23,24,25);1-5H,(H2,16,18);3,7,9H,1,4-6H2,2H3;6-7H,4H2,1-3H3/t17-,27?;;;7-;/m0..0./s1. The summed E-state index contributed by atoms with van der Waals surface area (Å²) in [7, 11) is 0. The molecule has 0 saturated carbocycles. The molecule has 4 N–H and O–H groups in total. The van der Waals surface area contributed by atoms with Crippen LogP contribution < -0.4 is 16.4 Å². The highest BCUT2D eigenvalue weighted by Crippen LogP contribution is 2.43. The molecular formula is C73H82Cl4F3N11O6. The van der Waals surface area contributed by atoms with Gasteiger partial charge in [-0.3, -0.25) is 34.1 Å². The lowest BCUT2D eigenvalue weighted by atomic mass is 9.74. The van der Waals surface area contributed by atoms with Crippen LogP contribution in [0.4, 0.5) is 13.2 Å². The lowest BCUT2D eigenvalue weighted by molar-refractivity contribution is -0.128. The number of nitriles is 1. The summed E-state index contributed by atoms with van der Waals surface area (Å²) in [5.74, 6) is -1.61. The van der Waals surface area contributed by atoms with E-state index in [0.29, 0.717) is 72.9 Å². The molecule has 0 radical (unpaired) electrons. The fourth-order valence-corrected chi connectivity index (χ4v) is 13.0. The number of carbonyl (C=O) groups excluding carboxylic acids is 6. The van der Waals surface area contributed by atoms with Gasteiger partial charge in [-0.15, -0.1) is 0 Å². The van der Waals surface area contributed by atoms with Crippen LogP contribution in [0, 0.1) is 52.5 Å². The van der Waals surface area contributed by atoms with Gasteiger partial charge in [0.2, 0.25) is 17.7 Å². The Labute approximate surface area is 585 Å². The second kappa shape index (κ2) is 34.3. The third kappa shape index (κ3) is 19.1. The molecule has 7 heterocycles. The number of fused-ring (bicyclic) bond motifs is 2. The van der Waals surface area contributed by atoms with E-state index in [1.807, 2.05) is 58.3 Å². The summed E-state index contributed by atoms with van der Waals surface area (Å²) in [5, 5.41) is 14.4. The van der Waals surface area contributed by atoms with E-state index in [0.717, 1.165) is 26.1 Å². The van der Waals surface area contributed by atoms with Gasteiger partial charge in [-0.2, -0.15) is 10.3 Å². The maximum absolute atomic E-state index is 14.7. The van der Waals surface area contributed by atoms with Crippen LogP contribution in [-0.2, 0) is 30.0 Å². The van der Waals surface area contributed by atoms with E-state index >= 15 is 0 Å². The summed E-state index contributed by atoms with van der Waals surface area (Å²) in [5.41, 5.74) is 6.43. The van der Waals surface area contributed by atoms with Gasteiger partial charge >= 0.3 is 0 Å². The Bertz CT molecular complexity index is 4030. The van der Waals surface area contributed by atoms with Crippen molar-refractivity contribution < 1.29 is 41.9 Å². The average Bonchev–Trinajstić information content (AvgIpc) is 0.740. The molecule has 3 aromatic carbocycles. The zero-order valence-corrected chi connectivity index (χ0v) is 59.3. The molecule has 514 valence electrons. The van der Waals surface area contributed by atoms with Gasteiger partial charge < -0.3 is 25.8 Å². The smallest absolute Gasteiger partial charge is 0.259 e. The Morgan fingerprint density at radius 1 is 0.660 bits per heavy atom. The van der Waals surface area contributed by atoms with Crippen LogP contribution in [-0.4, -0.2) is 122 Å². The number of amidine groups is 1. The van der Waals surface area contributed by atoms with Crippen molar-refractivity contribution in [3.63, 3.8) is 0 Å². The normalized spacial score (nSPS) is 18.9. The number of halogens is 7. The molecule has 24 heteroatoms. The number of benzene rings is 3. The minimum atomic E-state index is -0.984. The first-order valence-electron chi connectivity index (χ1n) is 31.8. The fourth-order valence-electron chi connectivity index (χ4n) is 12.0. The molecule has 6 aromatic rings. The number of amides is 6. The number of hydrogen-bond acceptors (Lipinski definition) is 12. The highest BCUT2D eigenvalue weighted by molar-refractivity contribution is 6.36. The Hall–Kier alpha value is -8.32. The van der Waals surface area contributed by atoms with Crippen molar-refractivity contribution in [2.45, 2.75) is 118 Å². The largest absolute Gasteiger partial charge is 0.366 e. The van der Waals surface area contributed by atoms with Gasteiger partial charge in [-0.1, -0.05) is 138 Å². The number of piperazine rings is 2. The minimum absolute atomic E-state index is 0.00163. The van der Waals surface area contributed by atoms with E-state index in [2.05, 4.69) is 65.6 Å². The molecule has 0 bridgehead atoms. The SMILES string of the molecule is C=CC(=O)N1CCN(C2=NC(=O)C(C)(CC(C)C)c3nc(-c4ccccc4F)c(Cl)cc32)[C@@H](C)C1.C=CC(=O)N1CCN[C@@H](C)C1.CC(C)CC(C)C#N.CC(C)CC1(C)C(=O)NC(=O)c2cc(Cl)c(-c3ccccc3F)nc21.NC(=O)c1cc(Cl)c(-c2ccccc2F)nc1Cl. The van der Waals surface area contributed by atoms with E-state index in [-0.39, 0.29) is 101 Å². The number of rotatable bonds is 12. The summed E-state index contributed by atoms with van der Waals surface area (Å²) in [4.78, 5) is 96.0. The van der Waals surface area contributed by atoms with Crippen LogP contribution in [0.15, 0.2) is 121 Å². The predicted octanol–water partition coefficient (Wildman–Crippen LogP) is 14.4. The van der Waals surface area contributed by atoms with Gasteiger partial charge in [0, 0.05) is 79.5 Å². The van der Waals surface area contributed by atoms with Crippen molar-refractivity contribution in [3.8, 4) is 39.8 Å². The molecule has 0 aliphatic carbocycles. The van der Waals surface area contributed by atoms with Crippen LogP contribution in [0.1, 0.15) is 133 Å². The van der Waals surface area contributed by atoms with E-state index in [1.54, 1.807) is 66.4 Å². The van der Waals surface area contributed by atoms with Crippen molar-refractivity contribution in [2.24, 2.45) is 34.4 Å². The van der Waals surface area contributed by atoms with Crippen molar-refractivity contribution in [1.82, 2.24) is 40.3 Å². The number of aliphatic imine (C=N–C) groups is 1. The zero-order chi connectivity index (χ0) is 72.0. The van der Waals surface area contributed by atoms with E-state index in [4.69, 9.17) is 62.4 Å². The number of imide groups is 1. The number of nitrogens with one attached hydrogen (secondary N) is 2. The Balaban J connectivity index is 0.000000209. The first-order valence-corrected chi connectivity index (χ1v) is 33.3. The number of nitrogens with zero attached hydrogens (tertiary/aromatic N) is 8. The van der Waals surface area contributed by atoms with Crippen molar-refractivity contribution in [3.05, 3.63) is 182 Å². The lowest BCUT2D eigenvalue weighted by Gasteiger charge is -2.43. The summed E-state index contributed by atoms with van der Waals surface area (Å²) in [6, 6.07) is 25.5. The number of hydrogen-bond donors (Lipinski definition) is 3. The second-order valence-corrected chi connectivity index (χ2v) is 27.4. The molecule has 97 heavy (non-hydrogen) atoms. The Morgan fingerprint density at radius 2 is 1.11 bits per heavy atom. The molecule has 3 unspecified atom stereocenters. The topological polar surface area (TPSA) is 237 Å². The molecule has 2 fully saturated rings.